The summed E-state index contributed by atoms with van der Waals surface area (Å²) in [6.07, 6.45) is 1.66. The monoisotopic (exact) mass is 185 g/mol. The molecule has 5 heteroatoms. The molecule has 0 rings (SSSR count). The van der Waals surface area contributed by atoms with E-state index >= 15 is 0 Å². The van der Waals surface area contributed by atoms with Gasteiger partial charge in [-0.15, -0.1) is 6.58 Å². The summed E-state index contributed by atoms with van der Waals surface area (Å²) in [7, 11) is 1.52. The maximum Gasteiger partial charge on any atom is 0.239 e. The lowest BCUT2D eigenvalue weighted by Gasteiger charge is -2.03. The summed E-state index contributed by atoms with van der Waals surface area (Å²) < 4.78 is 0. The summed E-state index contributed by atoms with van der Waals surface area (Å²) in [5.41, 5.74) is 0. The molecule has 0 aliphatic carbocycles. The van der Waals surface area contributed by atoms with Crippen molar-refractivity contribution in [2.75, 3.05) is 26.7 Å². The number of nitrogens with one attached hydrogen (secondary N) is 3. The van der Waals surface area contributed by atoms with Crippen molar-refractivity contribution in [1.29, 1.82) is 0 Å². The number of rotatable bonds is 6. The zero-order valence-corrected chi connectivity index (χ0v) is 7.72. The zero-order valence-electron chi connectivity index (χ0n) is 7.72. The molecule has 0 radical (unpaired) electrons. The second-order valence-corrected chi connectivity index (χ2v) is 2.37. The molecule has 3 N–H and O–H groups in total. The fourth-order valence-corrected chi connectivity index (χ4v) is 0.618. The zero-order chi connectivity index (χ0) is 10.1. The molecule has 0 fully saturated rings. The molecule has 5 nitrogen and oxygen atoms in total. The van der Waals surface area contributed by atoms with Gasteiger partial charge in [0.25, 0.3) is 0 Å². The van der Waals surface area contributed by atoms with Gasteiger partial charge in [0, 0.05) is 13.6 Å². The van der Waals surface area contributed by atoms with Crippen LogP contribution in [0.3, 0.4) is 0 Å². The SMILES string of the molecule is C=CCNCC(=O)NCC(=O)NC. The second-order valence-electron chi connectivity index (χ2n) is 2.37. The van der Waals surface area contributed by atoms with Crippen LogP contribution in [0.25, 0.3) is 0 Å². The number of carbonyl (C=O) groups excluding carboxylic acids is 2. The van der Waals surface area contributed by atoms with Crippen molar-refractivity contribution in [3.63, 3.8) is 0 Å². The Hall–Kier alpha value is -1.36. The molecule has 0 aromatic rings. The lowest BCUT2D eigenvalue weighted by molar-refractivity contribution is -0.125. The Morgan fingerprint density at radius 1 is 1.31 bits per heavy atom. The third-order valence-corrected chi connectivity index (χ3v) is 1.30. The number of amides is 2. The van der Waals surface area contributed by atoms with Gasteiger partial charge < -0.3 is 16.0 Å². The Labute approximate surface area is 77.6 Å². The van der Waals surface area contributed by atoms with Crippen LogP contribution in [-0.4, -0.2) is 38.5 Å². The van der Waals surface area contributed by atoms with Crippen molar-refractivity contribution in [2.45, 2.75) is 0 Å². The highest BCUT2D eigenvalue weighted by molar-refractivity contribution is 5.85. The first-order chi connectivity index (χ1) is 6.20. The number of hydrogen-bond donors (Lipinski definition) is 3. The Balaban J connectivity index is 3.40. The highest BCUT2D eigenvalue weighted by Crippen LogP contribution is 1.66. The predicted molar refractivity (Wildman–Crippen MR) is 50.1 cm³/mol. The maximum absolute atomic E-state index is 11.0. The van der Waals surface area contributed by atoms with Crippen LogP contribution < -0.4 is 16.0 Å². The van der Waals surface area contributed by atoms with Crippen molar-refractivity contribution >= 4 is 11.8 Å². The molecule has 0 spiro atoms. The summed E-state index contributed by atoms with van der Waals surface area (Å²) >= 11 is 0. The third kappa shape index (κ3) is 7.02. The van der Waals surface area contributed by atoms with Gasteiger partial charge in [-0.2, -0.15) is 0 Å². The van der Waals surface area contributed by atoms with Crippen molar-refractivity contribution < 1.29 is 9.59 Å². The molecule has 0 aliphatic heterocycles. The Kier molecular flexibility index (Phi) is 6.53. The Morgan fingerprint density at radius 2 is 2.00 bits per heavy atom. The van der Waals surface area contributed by atoms with Crippen LogP contribution in [0.2, 0.25) is 0 Å². The number of likely N-dealkylation sites (N-methyl/N-ethyl adjacent to an activating group) is 1. The van der Waals surface area contributed by atoms with E-state index in [1.54, 1.807) is 6.08 Å². The third-order valence-electron chi connectivity index (χ3n) is 1.30. The molecule has 0 bridgehead atoms. The van der Waals surface area contributed by atoms with Crippen molar-refractivity contribution in [3.05, 3.63) is 12.7 Å². The van der Waals surface area contributed by atoms with Crippen LogP contribution >= 0.6 is 0 Å². The lowest BCUT2D eigenvalue weighted by atomic mass is 10.5. The molecular weight excluding hydrogens is 170 g/mol. The van der Waals surface area contributed by atoms with Gasteiger partial charge in [0.1, 0.15) is 0 Å². The quantitative estimate of drug-likeness (QED) is 0.353. The van der Waals surface area contributed by atoms with Crippen LogP contribution in [0.4, 0.5) is 0 Å². The van der Waals surface area contributed by atoms with Crippen LogP contribution in [0.1, 0.15) is 0 Å². The van der Waals surface area contributed by atoms with Crippen LogP contribution in [0.15, 0.2) is 12.7 Å². The van der Waals surface area contributed by atoms with Gasteiger partial charge in [0.2, 0.25) is 11.8 Å². The highest BCUT2D eigenvalue weighted by atomic mass is 16.2. The van der Waals surface area contributed by atoms with Crippen molar-refractivity contribution in [2.24, 2.45) is 0 Å². The minimum absolute atomic E-state index is 0.0190. The summed E-state index contributed by atoms with van der Waals surface area (Å²) in [6, 6.07) is 0. The van der Waals surface area contributed by atoms with E-state index in [1.807, 2.05) is 0 Å². The van der Waals surface area contributed by atoms with E-state index < -0.39 is 0 Å². The molecule has 74 valence electrons. The largest absolute Gasteiger partial charge is 0.358 e. The fourth-order valence-electron chi connectivity index (χ4n) is 0.618. The Morgan fingerprint density at radius 3 is 2.54 bits per heavy atom. The van der Waals surface area contributed by atoms with Gasteiger partial charge in [0.05, 0.1) is 13.1 Å². The molecule has 0 aliphatic rings. The van der Waals surface area contributed by atoms with Gasteiger partial charge in [-0.05, 0) is 0 Å². The molecule has 0 unspecified atom stereocenters. The molecule has 2 amide bonds. The molecule has 0 aromatic carbocycles. The molecule has 0 saturated heterocycles. The number of carbonyl (C=O) groups is 2. The van der Waals surface area contributed by atoms with Gasteiger partial charge in [-0.25, -0.2) is 0 Å². The first-order valence-corrected chi connectivity index (χ1v) is 3.99. The van der Waals surface area contributed by atoms with E-state index in [0.29, 0.717) is 6.54 Å². The van der Waals surface area contributed by atoms with Gasteiger partial charge in [-0.1, -0.05) is 6.08 Å². The summed E-state index contributed by atoms with van der Waals surface area (Å²) in [4.78, 5) is 21.6. The van der Waals surface area contributed by atoms with E-state index in [4.69, 9.17) is 0 Å². The average molecular weight is 185 g/mol. The van der Waals surface area contributed by atoms with Crippen LogP contribution in [0, 0.1) is 0 Å². The van der Waals surface area contributed by atoms with Gasteiger partial charge >= 0.3 is 0 Å². The van der Waals surface area contributed by atoms with E-state index in [-0.39, 0.29) is 24.9 Å². The normalized spacial score (nSPS) is 9.00. The minimum Gasteiger partial charge on any atom is -0.358 e. The standard InChI is InChI=1S/C8H15N3O2/c1-3-4-10-5-8(13)11-6-7(12)9-2/h3,10H,1,4-6H2,2H3,(H,9,12)(H,11,13). The molecular formula is C8H15N3O2. The molecule has 0 saturated carbocycles. The minimum atomic E-state index is -0.211. The first-order valence-electron chi connectivity index (χ1n) is 3.99. The summed E-state index contributed by atoms with van der Waals surface area (Å²) in [6.45, 7) is 4.28. The Bertz CT molecular complexity index is 192. The molecule has 0 aromatic heterocycles. The molecule has 0 atom stereocenters. The van der Waals surface area contributed by atoms with E-state index in [2.05, 4.69) is 22.5 Å². The van der Waals surface area contributed by atoms with Crippen molar-refractivity contribution in [1.82, 2.24) is 16.0 Å². The van der Waals surface area contributed by atoms with Crippen LogP contribution in [0.5, 0.6) is 0 Å². The van der Waals surface area contributed by atoms with Crippen molar-refractivity contribution in [3.8, 4) is 0 Å². The molecule has 13 heavy (non-hydrogen) atoms. The summed E-state index contributed by atoms with van der Waals surface area (Å²) in [5, 5.41) is 7.66. The lowest BCUT2D eigenvalue weighted by Crippen LogP contribution is -2.39. The fraction of sp³-hybridized carbons (Fsp3) is 0.500. The topological polar surface area (TPSA) is 70.2 Å². The number of hydrogen-bond acceptors (Lipinski definition) is 3. The van der Waals surface area contributed by atoms with E-state index in [1.165, 1.54) is 7.05 Å². The van der Waals surface area contributed by atoms with E-state index in [9.17, 15) is 9.59 Å². The van der Waals surface area contributed by atoms with Gasteiger partial charge in [0.15, 0.2) is 0 Å². The first kappa shape index (κ1) is 11.6. The predicted octanol–water partition coefficient (Wildman–Crippen LogP) is -1.38. The van der Waals surface area contributed by atoms with Crippen LogP contribution in [-0.2, 0) is 9.59 Å². The summed E-state index contributed by atoms with van der Waals surface area (Å²) in [5.74, 6) is -0.414. The second kappa shape index (κ2) is 7.30. The maximum atomic E-state index is 11.0. The highest BCUT2D eigenvalue weighted by Gasteiger charge is 2.01. The van der Waals surface area contributed by atoms with E-state index in [0.717, 1.165) is 0 Å². The smallest absolute Gasteiger partial charge is 0.239 e. The molecule has 0 heterocycles. The van der Waals surface area contributed by atoms with Gasteiger partial charge in [-0.3, -0.25) is 9.59 Å². The average Bonchev–Trinajstić information content (AvgIpc) is 2.14.